The number of rotatable bonds is 3. The Morgan fingerprint density at radius 3 is 2.50 bits per heavy atom. The predicted octanol–water partition coefficient (Wildman–Crippen LogP) is 4.20. The van der Waals surface area contributed by atoms with Gasteiger partial charge in [0.15, 0.2) is 0 Å². The zero-order valence-corrected chi connectivity index (χ0v) is 12.8. The third-order valence-corrected chi connectivity index (χ3v) is 4.06. The first-order valence-corrected chi connectivity index (χ1v) is 7.64. The largest absolute Gasteiger partial charge is 0.483 e. The van der Waals surface area contributed by atoms with Gasteiger partial charge >= 0.3 is 0 Å². The standard InChI is InChI=1S/C18H20O.CH2O2/c1-2-16(14-8-4-3-5-9-14)18-17-11-7-6-10-15(17)12-13-19-18;2-1-3/h3-11,16,18H,2,12-13H2,1H3;1H,(H,2,3). The summed E-state index contributed by atoms with van der Waals surface area (Å²) < 4.78 is 6.11. The van der Waals surface area contributed by atoms with Gasteiger partial charge in [0, 0.05) is 5.92 Å². The molecule has 1 aliphatic heterocycles. The highest BCUT2D eigenvalue weighted by Crippen LogP contribution is 2.40. The predicted molar refractivity (Wildman–Crippen MR) is 87.0 cm³/mol. The molecule has 3 heteroatoms. The monoisotopic (exact) mass is 298 g/mol. The molecular weight excluding hydrogens is 276 g/mol. The van der Waals surface area contributed by atoms with Gasteiger partial charge in [-0.2, -0.15) is 0 Å². The molecule has 0 bridgehead atoms. The molecule has 2 aromatic carbocycles. The lowest BCUT2D eigenvalue weighted by Gasteiger charge is -2.32. The Kier molecular flexibility index (Phi) is 6.16. The zero-order chi connectivity index (χ0) is 15.8. The molecule has 0 radical (unpaired) electrons. The van der Waals surface area contributed by atoms with Crippen molar-refractivity contribution in [1.82, 2.24) is 0 Å². The fourth-order valence-corrected chi connectivity index (χ4v) is 3.08. The second kappa shape index (κ2) is 8.35. The van der Waals surface area contributed by atoms with E-state index in [1.807, 2.05) is 0 Å². The first kappa shape index (κ1) is 16.2. The van der Waals surface area contributed by atoms with Gasteiger partial charge in [-0.25, -0.2) is 0 Å². The maximum absolute atomic E-state index is 8.36. The van der Waals surface area contributed by atoms with Crippen LogP contribution in [0.1, 0.15) is 42.1 Å². The van der Waals surface area contributed by atoms with Crippen LogP contribution < -0.4 is 0 Å². The van der Waals surface area contributed by atoms with Crippen LogP contribution in [0.25, 0.3) is 0 Å². The Balaban J connectivity index is 0.000000545. The molecular formula is C19H22O3. The fraction of sp³-hybridized carbons (Fsp3) is 0.316. The summed E-state index contributed by atoms with van der Waals surface area (Å²) in [6.07, 6.45) is 2.35. The normalized spacial score (nSPS) is 17.6. The summed E-state index contributed by atoms with van der Waals surface area (Å²) in [7, 11) is 0. The van der Waals surface area contributed by atoms with Crippen LogP contribution in [-0.4, -0.2) is 18.2 Å². The van der Waals surface area contributed by atoms with Crippen LogP contribution in [0, 0.1) is 0 Å². The molecule has 116 valence electrons. The highest BCUT2D eigenvalue weighted by molar-refractivity contribution is 5.34. The van der Waals surface area contributed by atoms with E-state index in [9.17, 15) is 0 Å². The van der Waals surface area contributed by atoms with Crippen LogP contribution >= 0.6 is 0 Å². The van der Waals surface area contributed by atoms with Gasteiger partial charge in [0.2, 0.25) is 0 Å². The number of hydrogen-bond donors (Lipinski definition) is 1. The molecule has 3 rings (SSSR count). The molecule has 2 unspecified atom stereocenters. The van der Waals surface area contributed by atoms with Gasteiger partial charge in [-0.3, -0.25) is 4.79 Å². The first-order chi connectivity index (χ1) is 10.8. The van der Waals surface area contributed by atoms with Crippen LogP contribution in [0.4, 0.5) is 0 Å². The minimum Gasteiger partial charge on any atom is -0.483 e. The Morgan fingerprint density at radius 1 is 1.18 bits per heavy atom. The van der Waals surface area contributed by atoms with Gasteiger partial charge in [0.25, 0.3) is 6.47 Å². The average molecular weight is 298 g/mol. The van der Waals surface area contributed by atoms with E-state index >= 15 is 0 Å². The second-order valence-electron chi connectivity index (χ2n) is 5.27. The summed E-state index contributed by atoms with van der Waals surface area (Å²) >= 11 is 0. The maximum atomic E-state index is 8.36. The van der Waals surface area contributed by atoms with Crippen molar-refractivity contribution in [3.8, 4) is 0 Å². The zero-order valence-electron chi connectivity index (χ0n) is 12.8. The number of benzene rings is 2. The van der Waals surface area contributed by atoms with Gasteiger partial charge in [-0.05, 0) is 29.5 Å². The number of carboxylic acid groups (broad SMARTS) is 1. The summed E-state index contributed by atoms with van der Waals surface area (Å²) in [6.45, 7) is 2.84. The highest BCUT2D eigenvalue weighted by Gasteiger charge is 2.28. The van der Waals surface area contributed by atoms with Gasteiger partial charge in [0.05, 0.1) is 12.7 Å². The molecule has 0 aromatic heterocycles. The smallest absolute Gasteiger partial charge is 0.290 e. The molecule has 2 atom stereocenters. The number of carbonyl (C=O) groups is 1. The molecule has 0 fully saturated rings. The quantitative estimate of drug-likeness (QED) is 0.864. The van der Waals surface area contributed by atoms with Crippen molar-refractivity contribution >= 4 is 6.47 Å². The van der Waals surface area contributed by atoms with Crippen molar-refractivity contribution < 1.29 is 14.6 Å². The highest BCUT2D eigenvalue weighted by atomic mass is 16.5. The average Bonchev–Trinajstić information content (AvgIpc) is 2.57. The summed E-state index contributed by atoms with van der Waals surface area (Å²) in [6, 6.07) is 19.5. The van der Waals surface area contributed by atoms with E-state index in [0.29, 0.717) is 5.92 Å². The van der Waals surface area contributed by atoms with E-state index in [0.717, 1.165) is 19.4 Å². The lowest BCUT2D eigenvalue weighted by molar-refractivity contribution is -0.122. The summed E-state index contributed by atoms with van der Waals surface area (Å²) in [4.78, 5) is 8.36. The van der Waals surface area contributed by atoms with Gasteiger partial charge in [-0.15, -0.1) is 0 Å². The van der Waals surface area contributed by atoms with Gasteiger partial charge in [0.1, 0.15) is 0 Å². The Morgan fingerprint density at radius 2 is 1.82 bits per heavy atom. The van der Waals surface area contributed by atoms with Crippen LogP contribution in [0.15, 0.2) is 54.6 Å². The molecule has 0 amide bonds. The van der Waals surface area contributed by atoms with Gasteiger partial charge < -0.3 is 9.84 Å². The summed E-state index contributed by atoms with van der Waals surface area (Å²) in [5, 5.41) is 6.89. The lowest BCUT2D eigenvalue weighted by atomic mass is 9.83. The van der Waals surface area contributed by atoms with Gasteiger partial charge in [-0.1, -0.05) is 61.5 Å². The minimum absolute atomic E-state index is 0.206. The number of fused-ring (bicyclic) bond motifs is 1. The van der Waals surface area contributed by atoms with E-state index in [2.05, 4.69) is 61.5 Å². The fourth-order valence-electron chi connectivity index (χ4n) is 3.08. The molecule has 0 saturated heterocycles. The topological polar surface area (TPSA) is 46.5 Å². The van der Waals surface area contributed by atoms with Crippen molar-refractivity contribution in [2.45, 2.75) is 31.8 Å². The molecule has 2 aromatic rings. The molecule has 0 saturated carbocycles. The summed E-state index contributed by atoms with van der Waals surface area (Å²) in [5.74, 6) is 0.447. The molecule has 1 N–H and O–H groups in total. The molecule has 0 spiro atoms. The third kappa shape index (κ3) is 3.74. The molecule has 1 heterocycles. The first-order valence-electron chi connectivity index (χ1n) is 7.64. The Bertz CT molecular complexity index is 580. The SMILES string of the molecule is CCC(c1ccccc1)C1OCCc2ccccc21.O=CO. The Labute approximate surface area is 131 Å². The van der Waals surface area contributed by atoms with Crippen molar-refractivity contribution in [3.05, 3.63) is 71.3 Å². The van der Waals surface area contributed by atoms with E-state index in [4.69, 9.17) is 14.6 Å². The van der Waals surface area contributed by atoms with Crippen LogP contribution in [-0.2, 0) is 16.0 Å². The minimum atomic E-state index is -0.250. The molecule has 22 heavy (non-hydrogen) atoms. The van der Waals surface area contributed by atoms with Crippen molar-refractivity contribution in [2.24, 2.45) is 0 Å². The summed E-state index contributed by atoms with van der Waals surface area (Å²) in [5.41, 5.74) is 4.21. The maximum Gasteiger partial charge on any atom is 0.290 e. The third-order valence-electron chi connectivity index (χ3n) is 4.06. The molecule has 3 nitrogen and oxygen atoms in total. The lowest BCUT2D eigenvalue weighted by Crippen LogP contribution is -2.22. The van der Waals surface area contributed by atoms with E-state index in [1.54, 1.807) is 0 Å². The van der Waals surface area contributed by atoms with E-state index in [-0.39, 0.29) is 12.6 Å². The van der Waals surface area contributed by atoms with Crippen LogP contribution in [0.3, 0.4) is 0 Å². The Hall–Kier alpha value is -2.13. The van der Waals surface area contributed by atoms with Crippen molar-refractivity contribution in [3.63, 3.8) is 0 Å². The molecule has 0 aliphatic carbocycles. The van der Waals surface area contributed by atoms with Crippen LogP contribution in [0.2, 0.25) is 0 Å². The van der Waals surface area contributed by atoms with Crippen molar-refractivity contribution in [1.29, 1.82) is 0 Å². The van der Waals surface area contributed by atoms with E-state index in [1.165, 1.54) is 16.7 Å². The van der Waals surface area contributed by atoms with Crippen LogP contribution in [0.5, 0.6) is 0 Å². The van der Waals surface area contributed by atoms with E-state index < -0.39 is 0 Å². The number of hydrogen-bond acceptors (Lipinski definition) is 2. The second-order valence-corrected chi connectivity index (χ2v) is 5.27. The molecule has 1 aliphatic rings. The van der Waals surface area contributed by atoms with Crippen molar-refractivity contribution in [2.75, 3.05) is 6.61 Å². The number of ether oxygens (including phenoxy) is 1.